The molecule has 0 aliphatic carbocycles. The summed E-state index contributed by atoms with van der Waals surface area (Å²) in [5.41, 5.74) is -0.0518. The minimum atomic E-state index is -4.43. The van der Waals surface area contributed by atoms with Gasteiger partial charge >= 0.3 is 12.1 Å². The summed E-state index contributed by atoms with van der Waals surface area (Å²) in [5, 5.41) is 4.07. The number of nitrogens with zero attached hydrogens (tertiary/aromatic N) is 3. The van der Waals surface area contributed by atoms with Crippen LogP contribution in [0.15, 0.2) is 18.2 Å². The highest BCUT2D eigenvalue weighted by atomic mass is 19.4. The topological polar surface area (TPSA) is 54.9 Å². The van der Waals surface area contributed by atoms with Crippen molar-refractivity contribution < 1.29 is 26.8 Å². The van der Waals surface area contributed by atoms with E-state index in [2.05, 4.69) is 15.3 Å². The van der Waals surface area contributed by atoms with Gasteiger partial charge in [0, 0.05) is 6.54 Å². The normalized spacial score (nSPS) is 23.1. The first-order chi connectivity index (χ1) is 13.6. The van der Waals surface area contributed by atoms with E-state index in [-0.39, 0.29) is 35.6 Å². The van der Waals surface area contributed by atoms with Gasteiger partial charge in [-0.2, -0.15) is 13.2 Å². The molecule has 1 amide bonds. The van der Waals surface area contributed by atoms with Gasteiger partial charge in [-0.3, -0.25) is 0 Å². The van der Waals surface area contributed by atoms with Gasteiger partial charge in [0.25, 0.3) is 0 Å². The zero-order chi connectivity index (χ0) is 21.0. The molecule has 3 heterocycles. The van der Waals surface area contributed by atoms with Crippen molar-refractivity contribution in [1.29, 1.82) is 0 Å². The predicted octanol–water partition coefficient (Wildman–Crippen LogP) is 1.95. The molecule has 1 spiro atoms. The second-order valence-corrected chi connectivity index (χ2v) is 7.47. The number of anilines is 1. The molecule has 2 aliphatic heterocycles. The minimum absolute atomic E-state index is 0.0643. The monoisotopic (exact) mass is 407 g/mol. The summed E-state index contributed by atoms with van der Waals surface area (Å²) in [6.07, 6.45) is -2.43. The highest BCUT2D eigenvalue weighted by Gasteiger charge is 2.49. The average Bonchev–Trinajstić information content (AvgIpc) is 2.59. The first-order valence-corrected chi connectivity index (χ1v) is 9.13. The van der Waals surface area contributed by atoms with Crippen molar-refractivity contribution in [3.8, 4) is 0 Å². The molecular formula is C20H19F4N4O+. The maximum absolute atomic E-state index is 13.5. The van der Waals surface area contributed by atoms with E-state index in [0.29, 0.717) is 27.8 Å². The van der Waals surface area contributed by atoms with Crippen molar-refractivity contribution in [3.63, 3.8) is 0 Å². The van der Waals surface area contributed by atoms with Crippen molar-refractivity contribution in [2.45, 2.75) is 32.7 Å². The second-order valence-electron chi connectivity index (χ2n) is 7.47. The Morgan fingerprint density at radius 1 is 1.21 bits per heavy atom. The van der Waals surface area contributed by atoms with Crippen LogP contribution < -0.4 is 15.9 Å². The smallest absolute Gasteiger partial charge is 0.365 e. The van der Waals surface area contributed by atoms with E-state index < -0.39 is 17.9 Å². The number of quaternary nitrogens is 1. The number of carbonyl (C=O) groups is 1. The number of hydrogen-bond donors (Lipinski definition) is 1. The lowest BCUT2D eigenvalue weighted by Gasteiger charge is -2.41. The molecule has 0 unspecified atom stereocenters. The van der Waals surface area contributed by atoms with Crippen LogP contribution in [0.5, 0.6) is 0 Å². The van der Waals surface area contributed by atoms with E-state index in [1.807, 2.05) is 0 Å². The Bertz CT molecular complexity index is 1120. The lowest BCUT2D eigenvalue weighted by molar-refractivity contribution is -0.824. The lowest BCUT2D eigenvalue weighted by Crippen LogP contribution is -2.67. The summed E-state index contributed by atoms with van der Waals surface area (Å²) in [6, 6.07) is 4.04. The van der Waals surface area contributed by atoms with Crippen LogP contribution in [0.3, 0.4) is 0 Å². The number of aryl methyl sites for hydroxylation is 1. The first kappa shape index (κ1) is 19.5. The molecular weight excluding hydrogens is 388 g/mol. The van der Waals surface area contributed by atoms with Crippen LogP contribution in [-0.4, -0.2) is 39.6 Å². The molecule has 1 fully saturated rings. The Morgan fingerprint density at radius 2 is 1.93 bits per heavy atom. The summed E-state index contributed by atoms with van der Waals surface area (Å²) in [4.78, 5) is 21.1. The second kappa shape index (κ2) is 6.62. The van der Waals surface area contributed by atoms with Gasteiger partial charge in [0.05, 0.1) is 22.2 Å². The Morgan fingerprint density at radius 3 is 2.59 bits per heavy atom. The van der Waals surface area contributed by atoms with Crippen molar-refractivity contribution in [2.24, 2.45) is 0 Å². The van der Waals surface area contributed by atoms with Gasteiger partial charge in [-0.25, -0.2) is 23.6 Å². The highest BCUT2D eigenvalue weighted by Crippen LogP contribution is 2.33. The zero-order valence-corrected chi connectivity index (χ0v) is 15.8. The number of hydrogen-bond acceptors (Lipinski definition) is 4. The van der Waals surface area contributed by atoms with Gasteiger partial charge in [-0.05, 0) is 31.0 Å². The molecule has 0 radical (unpaired) electrons. The maximum Gasteiger partial charge on any atom is 0.416 e. The molecule has 1 N–H and O–H groups in total. The molecule has 2 aromatic rings. The van der Waals surface area contributed by atoms with Crippen LogP contribution in [0.25, 0.3) is 12.3 Å². The third-order valence-corrected chi connectivity index (χ3v) is 5.41. The summed E-state index contributed by atoms with van der Waals surface area (Å²) in [6.45, 7) is 3.34. The van der Waals surface area contributed by atoms with Gasteiger partial charge < -0.3 is 5.32 Å². The largest absolute Gasteiger partial charge is 0.416 e. The molecule has 0 atom stereocenters. The van der Waals surface area contributed by atoms with Gasteiger partial charge in [-0.15, -0.1) is 0 Å². The van der Waals surface area contributed by atoms with Gasteiger partial charge in [0.2, 0.25) is 0 Å². The standard InChI is InChI=1S/C20H18F4N4O/c1-11-13(4-3-5-16(11)20(22,23)24)7-25-19-15-10-28(8-14(21)9-28)18(29)6-17(15)26-12(2)27-19/h3-6,10,14H,7-9H2,1-2H3/p+1. The number of rotatable bonds is 3. The number of fused-ring (bicyclic) bond motifs is 1. The van der Waals surface area contributed by atoms with Crippen LogP contribution in [-0.2, 0) is 17.5 Å². The number of nitrogens with one attached hydrogen (secondary N) is 1. The fourth-order valence-corrected chi connectivity index (χ4v) is 3.83. The van der Waals surface area contributed by atoms with Crippen molar-refractivity contribution in [3.05, 3.63) is 51.3 Å². The number of benzene rings is 1. The van der Waals surface area contributed by atoms with Crippen LogP contribution in [0, 0.1) is 13.8 Å². The SMILES string of the molecule is Cc1nc(NCc2cccc(C(F)(F)F)c2C)c2c(n1)=CC(=O)[N+]1(C=2)CC(F)C1. The molecule has 29 heavy (non-hydrogen) atoms. The molecule has 2 aliphatic rings. The summed E-state index contributed by atoms with van der Waals surface area (Å²) in [7, 11) is 0. The Hall–Kier alpha value is -2.81. The van der Waals surface area contributed by atoms with Crippen LogP contribution >= 0.6 is 0 Å². The molecule has 4 rings (SSSR count). The fraction of sp³-hybridized carbons (Fsp3) is 0.350. The average molecular weight is 407 g/mol. The number of halogens is 4. The molecule has 0 saturated carbocycles. The minimum Gasteiger partial charge on any atom is -0.365 e. The Labute approximate surface area is 164 Å². The van der Waals surface area contributed by atoms with Crippen molar-refractivity contribution in [2.75, 3.05) is 18.4 Å². The Balaban J connectivity index is 1.71. The molecule has 1 saturated heterocycles. The molecule has 1 aromatic carbocycles. The van der Waals surface area contributed by atoms with E-state index in [9.17, 15) is 22.4 Å². The third kappa shape index (κ3) is 3.39. The first-order valence-electron chi connectivity index (χ1n) is 9.13. The Kier molecular flexibility index (Phi) is 4.45. The van der Waals surface area contributed by atoms with Crippen LogP contribution in [0.4, 0.5) is 23.4 Å². The lowest BCUT2D eigenvalue weighted by atomic mass is 10.0. The van der Waals surface area contributed by atoms with Crippen LogP contribution in [0.2, 0.25) is 0 Å². The van der Waals surface area contributed by atoms with E-state index in [1.165, 1.54) is 19.1 Å². The third-order valence-electron chi connectivity index (χ3n) is 5.41. The van der Waals surface area contributed by atoms with Crippen molar-refractivity contribution in [1.82, 2.24) is 9.97 Å². The molecule has 5 nitrogen and oxygen atoms in total. The molecule has 9 heteroatoms. The molecule has 152 valence electrons. The quantitative estimate of drug-likeness (QED) is 0.624. The van der Waals surface area contributed by atoms with E-state index in [0.717, 1.165) is 6.07 Å². The van der Waals surface area contributed by atoms with Gasteiger partial charge in [-0.1, -0.05) is 12.1 Å². The highest BCUT2D eigenvalue weighted by molar-refractivity contribution is 6.01. The van der Waals surface area contributed by atoms with E-state index in [4.69, 9.17) is 0 Å². The van der Waals surface area contributed by atoms with Crippen molar-refractivity contribution >= 4 is 24.0 Å². The molecule has 1 aromatic heterocycles. The van der Waals surface area contributed by atoms with E-state index in [1.54, 1.807) is 19.2 Å². The number of amides is 1. The summed E-state index contributed by atoms with van der Waals surface area (Å²) in [5.74, 6) is 0.599. The predicted molar refractivity (Wildman–Crippen MR) is 98.4 cm³/mol. The van der Waals surface area contributed by atoms with Crippen LogP contribution in [0.1, 0.15) is 22.5 Å². The number of carbonyl (C=O) groups excluding carboxylic acids is 1. The summed E-state index contributed by atoms with van der Waals surface area (Å²) >= 11 is 0. The zero-order valence-electron chi connectivity index (χ0n) is 15.8. The molecule has 0 bridgehead atoms. The maximum atomic E-state index is 13.5. The number of alkyl halides is 4. The van der Waals surface area contributed by atoms with Gasteiger partial charge in [0.1, 0.15) is 30.9 Å². The number of aromatic nitrogens is 2. The summed E-state index contributed by atoms with van der Waals surface area (Å²) < 4.78 is 52.8. The fourth-order valence-electron chi connectivity index (χ4n) is 3.83. The van der Waals surface area contributed by atoms with Gasteiger partial charge in [0.15, 0.2) is 6.17 Å². The van der Waals surface area contributed by atoms with E-state index >= 15 is 0 Å².